The number of carbonyl (C=O) groups is 1. The molecule has 30 heavy (non-hydrogen) atoms. The molecule has 2 heterocycles. The molecule has 152 valence electrons. The van der Waals surface area contributed by atoms with Crippen molar-refractivity contribution in [3.8, 4) is 11.5 Å². The first-order valence-corrected chi connectivity index (χ1v) is 9.98. The molecule has 0 atom stereocenters. The van der Waals surface area contributed by atoms with Gasteiger partial charge in [0.05, 0.1) is 23.5 Å². The predicted octanol–water partition coefficient (Wildman–Crippen LogP) is 3.83. The van der Waals surface area contributed by atoms with Gasteiger partial charge >= 0.3 is 0 Å². The van der Waals surface area contributed by atoms with E-state index in [1.165, 1.54) is 23.6 Å². The van der Waals surface area contributed by atoms with Crippen molar-refractivity contribution in [1.29, 1.82) is 0 Å². The fraction of sp³-hybridized carbons (Fsp3) is 0.136. The lowest BCUT2D eigenvalue weighted by atomic mass is 10.2. The van der Waals surface area contributed by atoms with E-state index in [1.807, 2.05) is 48.5 Å². The minimum absolute atomic E-state index is 0.164. The number of anilines is 1. The maximum absolute atomic E-state index is 12.7. The number of carbonyl (C=O) groups excluding carboxylic acids is 1. The maximum atomic E-state index is 12.7. The molecule has 0 saturated heterocycles. The monoisotopic (exact) mass is 421 g/mol. The van der Waals surface area contributed by atoms with Crippen LogP contribution in [0.3, 0.4) is 0 Å². The summed E-state index contributed by atoms with van der Waals surface area (Å²) in [5.41, 5.74) is 1.53. The van der Waals surface area contributed by atoms with Gasteiger partial charge in [0, 0.05) is 13.1 Å². The molecule has 4 rings (SSSR count). The molecule has 2 aromatic carbocycles. The van der Waals surface area contributed by atoms with Gasteiger partial charge in [-0.3, -0.25) is 14.9 Å². The number of fused-ring (bicyclic) bond motifs is 1. The number of nitrogens with zero attached hydrogens (tertiary/aromatic N) is 2. The second-order valence-electron chi connectivity index (χ2n) is 6.58. The molecule has 8 heteroatoms. The highest BCUT2D eigenvalue weighted by molar-refractivity contribution is 7.22. The number of thiazole rings is 1. The van der Waals surface area contributed by atoms with Crippen LogP contribution < -0.4 is 20.2 Å². The fourth-order valence-corrected chi connectivity index (χ4v) is 3.81. The largest absolute Gasteiger partial charge is 0.497 e. The number of methoxy groups -OCH3 is 1. The van der Waals surface area contributed by atoms with Crippen LogP contribution >= 0.6 is 11.3 Å². The van der Waals surface area contributed by atoms with Crippen LogP contribution in [0.15, 0.2) is 65.6 Å². The summed E-state index contributed by atoms with van der Waals surface area (Å²) in [7, 11) is 3.28. The topological polar surface area (TPSA) is 82.4 Å². The molecular formula is C22H19N3O4S. The first kappa shape index (κ1) is 19.7. The lowest BCUT2D eigenvalue weighted by Gasteiger charge is -2.11. The molecule has 1 N–H and O–H groups in total. The smallest absolute Gasteiger partial charge is 0.274 e. The van der Waals surface area contributed by atoms with Gasteiger partial charge in [-0.2, -0.15) is 0 Å². The lowest BCUT2D eigenvalue weighted by Crippen LogP contribution is -2.21. The Morgan fingerprint density at radius 1 is 1.17 bits per heavy atom. The number of benzene rings is 2. The zero-order valence-corrected chi connectivity index (χ0v) is 17.2. The van der Waals surface area contributed by atoms with Gasteiger partial charge in [0.1, 0.15) is 18.1 Å². The minimum atomic E-state index is -0.409. The molecular weight excluding hydrogens is 402 g/mol. The summed E-state index contributed by atoms with van der Waals surface area (Å²) in [6, 6.07) is 16.3. The van der Waals surface area contributed by atoms with E-state index in [9.17, 15) is 9.59 Å². The molecule has 0 radical (unpaired) electrons. The maximum Gasteiger partial charge on any atom is 0.274 e. The zero-order chi connectivity index (χ0) is 21.1. The van der Waals surface area contributed by atoms with Crippen LogP contribution in [0.5, 0.6) is 11.5 Å². The van der Waals surface area contributed by atoms with Gasteiger partial charge in [0.25, 0.3) is 5.91 Å². The number of para-hydroxylation sites is 1. The Hall–Kier alpha value is -3.65. The van der Waals surface area contributed by atoms with Gasteiger partial charge in [-0.05, 0) is 29.8 Å². The number of hydrogen-bond donors (Lipinski definition) is 1. The third-order valence-electron chi connectivity index (χ3n) is 4.48. The van der Waals surface area contributed by atoms with Gasteiger partial charge in [0.15, 0.2) is 10.9 Å². The Kier molecular flexibility index (Phi) is 5.49. The van der Waals surface area contributed by atoms with E-state index in [1.54, 1.807) is 18.7 Å². The van der Waals surface area contributed by atoms with Crippen molar-refractivity contribution in [3.05, 3.63) is 82.3 Å². The van der Waals surface area contributed by atoms with Crippen molar-refractivity contribution < 1.29 is 14.3 Å². The van der Waals surface area contributed by atoms with Gasteiger partial charge in [-0.1, -0.05) is 35.6 Å². The van der Waals surface area contributed by atoms with Crippen LogP contribution in [-0.2, 0) is 13.7 Å². The molecule has 4 aromatic rings. The molecule has 2 aromatic heterocycles. The Labute approximate surface area is 176 Å². The lowest BCUT2D eigenvalue weighted by molar-refractivity contribution is 0.101. The molecule has 1 amide bonds. The fourth-order valence-electron chi connectivity index (χ4n) is 2.95. The van der Waals surface area contributed by atoms with Crippen LogP contribution in [0.4, 0.5) is 5.13 Å². The predicted molar refractivity (Wildman–Crippen MR) is 117 cm³/mol. The summed E-state index contributed by atoms with van der Waals surface area (Å²) < 4.78 is 13.4. The Balaban J connectivity index is 1.50. The normalized spacial score (nSPS) is 10.7. The number of aryl methyl sites for hydroxylation is 1. The van der Waals surface area contributed by atoms with Crippen molar-refractivity contribution >= 4 is 32.6 Å². The molecule has 0 fully saturated rings. The molecule has 7 nitrogen and oxygen atoms in total. The summed E-state index contributed by atoms with van der Waals surface area (Å²) in [5.74, 6) is 0.468. The number of rotatable bonds is 6. The Bertz CT molecular complexity index is 1250. The molecule has 0 unspecified atom stereocenters. The SMILES string of the molecule is COc1cccc(COc2cn(C)c(C(=O)Nc3nc4ccccc4s3)cc2=O)c1. The highest BCUT2D eigenvalue weighted by Crippen LogP contribution is 2.25. The summed E-state index contributed by atoms with van der Waals surface area (Å²) in [6.07, 6.45) is 1.51. The number of nitrogens with one attached hydrogen (secondary N) is 1. The van der Waals surface area contributed by atoms with Crippen LogP contribution in [0.25, 0.3) is 10.2 Å². The molecule has 0 aliphatic carbocycles. The third kappa shape index (κ3) is 4.18. The Morgan fingerprint density at radius 2 is 2.00 bits per heavy atom. The first-order valence-electron chi connectivity index (χ1n) is 9.17. The average molecular weight is 421 g/mol. The highest BCUT2D eigenvalue weighted by atomic mass is 32.1. The first-order chi connectivity index (χ1) is 14.5. The number of pyridine rings is 1. The van der Waals surface area contributed by atoms with Crippen LogP contribution in [0.1, 0.15) is 16.1 Å². The average Bonchev–Trinajstić information content (AvgIpc) is 3.16. The van der Waals surface area contributed by atoms with E-state index in [4.69, 9.17) is 9.47 Å². The van der Waals surface area contributed by atoms with Crippen LogP contribution in [0, 0.1) is 0 Å². The summed E-state index contributed by atoms with van der Waals surface area (Å²) in [6.45, 7) is 0.212. The highest BCUT2D eigenvalue weighted by Gasteiger charge is 2.15. The summed E-state index contributed by atoms with van der Waals surface area (Å²) in [4.78, 5) is 29.5. The van der Waals surface area contributed by atoms with Crippen molar-refractivity contribution in [1.82, 2.24) is 9.55 Å². The van der Waals surface area contributed by atoms with Crippen molar-refractivity contribution in [2.75, 3.05) is 12.4 Å². The van der Waals surface area contributed by atoms with Gasteiger partial charge in [0.2, 0.25) is 5.43 Å². The van der Waals surface area contributed by atoms with Crippen LogP contribution in [-0.4, -0.2) is 22.6 Å². The van der Waals surface area contributed by atoms with E-state index in [-0.39, 0.29) is 23.5 Å². The van der Waals surface area contributed by atoms with E-state index >= 15 is 0 Å². The molecule has 0 bridgehead atoms. The molecule has 0 aliphatic heterocycles. The molecule has 0 spiro atoms. The number of hydrogen-bond acceptors (Lipinski definition) is 6. The molecule has 0 saturated carbocycles. The van der Waals surface area contributed by atoms with E-state index in [0.717, 1.165) is 15.8 Å². The quantitative estimate of drug-likeness (QED) is 0.512. The number of ether oxygens (including phenoxy) is 2. The molecule has 0 aliphatic rings. The van der Waals surface area contributed by atoms with E-state index in [0.29, 0.717) is 10.9 Å². The van der Waals surface area contributed by atoms with Gasteiger partial charge in [-0.15, -0.1) is 0 Å². The van der Waals surface area contributed by atoms with Crippen molar-refractivity contribution in [3.63, 3.8) is 0 Å². The van der Waals surface area contributed by atoms with Crippen molar-refractivity contribution in [2.24, 2.45) is 7.05 Å². The van der Waals surface area contributed by atoms with E-state index < -0.39 is 5.91 Å². The number of amides is 1. The third-order valence-corrected chi connectivity index (χ3v) is 5.43. The van der Waals surface area contributed by atoms with Crippen molar-refractivity contribution in [2.45, 2.75) is 6.61 Å². The minimum Gasteiger partial charge on any atom is -0.497 e. The van der Waals surface area contributed by atoms with Crippen LogP contribution in [0.2, 0.25) is 0 Å². The Morgan fingerprint density at radius 3 is 2.80 bits per heavy atom. The second kappa shape index (κ2) is 8.38. The van der Waals surface area contributed by atoms with Gasteiger partial charge in [-0.25, -0.2) is 4.98 Å². The number of aromatic nitrogens is 2. The summed E-state index contributed by atoms with van der Waals surface area (Å²) in [5, 5.41) is 3.24. The second-order valence-corrected chi connectivity index (χ2v) is 7.61. The standard InChI is InChI=1S/C22H19N3O4S/c1-25-12-19(29-13-14-6-5-7-15(10-14)28-2)18(26)11-17(25)21(27)24-22-23-16-8-3-4-9-20(16)30-22/h3-12H,13H2,1-2H3,(H,23,24,27). The zero-order valence-electron chi connectivity index (χ0n) is 16.4. The van der Waals surface area contributed by atoms with Gasteiger partial charge < -0.3 is 14.0 Å². The summed E-state index contributed by atoms with van der Waals surface area (Å²) >= 11 is 1.38. The van der Waals surface area contributed by atoms with E-state index in [2.05, 4.69) is 10.3 Å².